The summed E-state index contributed by atoms with van der Waals surface area (Å²) >= 11 is 8.21. The molecule has 0 fully saturated rings. The molecule has 0 aliphatic heterocycles. The maximum absolute atomic E-state index is 12.3. The summed E-state index contributed by atoms with van der Waals surface area (Å²) in [4.78, 5) is 24.1. The Morgan fingerprint density at radius 2 is 1.68 bits per heavy atom. The highest BCUT2D eigenvalue weighted by Gasteiger charge is 2.39. The summed E-state index contributed by atoms with van der Waals surface area (Å²) in [5.41, 5.74) is 3.48. The Bertz CT molecular complexity index is 330. The van der Waals surface area contributed by atoms with Gasteiger partial charge in [0.15, 0.2) is 5.66 Å². The Balaban J connectivity index is 4.96. The molecule has 2 amide bonds. The number of nitrogens with one attached hydrogen (secondary N) is 3. The number of thiol groups is 2. The second-order valence-electron chi connectivity index (χ2n) is 4.46. The molecule has 0 aromatic heterocycles. The third kappa shape index (κ3) is 4.87. The molecule has 0 aromatic rings. The highest BCUT2D eigenvalue weighted by atomic mass is 32.1. The fraction of sp³-hybridized carbons (Fsp3) is 0.818. The summed E-state index contributed by atoms with van der Waals surface area (Å²) in [6.07, 6.45) is 0. The SMILES string of the molecule is CCNC(=O)C(N)(CS)NC(=O)[C@@](C)(CS)NCC. The van der Waals surface area contributed by atoms with Gasteiger partial charge < -0.3 is 21.7 Å². The van der Waals surface area contributed by atoms with E-state index in [0.29, 0.717) is 13.1 Å². The Morgan fingerprint density at radius 1 is 1.11 bits per heavy atom. The van der Waals surface area contributed by atoms with E-state index < -0.39 is 17.1 Å². The molecule has 0 heterocycles. The third-order valence-electron chi connectivity index (χ3n) is 2.71. The van der Waals surface area contributed by atoms with E-state index in [1.807, 2.05) is 6.92 Å². The molecule has 0 aliphatic carbocycles. The summed E-state index contributed by atoms with van der Waals surface area (Å²) in [5, 5.41) is 8.15. The summed E-state index contributed by atoms with van der Waals surface area (Å²) < 4.78 is 0. The van der Waals surface area contributed by atoms with Crippen LogP contribution in [0.3, 0.4) is 0 Å². The van der Waals surface area contributed by atoms with Crippen LogP contribution in [0, 0.1) is 0 Å². The summed E-state index contributed by atoms with van der Waals surface area (Å²) in [7, 11) is 0. The van der Waals surface area contributed by atoms with Crippen LogP contribution in [0.2, 0.25) is 0 Å². The molecule has 2 atom stereocenters. The number of nitrogens with two attached hydrogens (primary N) is 1. The van der Waals surface area contributed by atoms with Crippen molar-refractivity contribution in [1.29, 1.82) is 0 Å². The molecule has 0 bridgehead atoms. The monoisotopic (exact) mass is 308 g/mol. The topological polar surface area (TPSA) is 96.2 Å². The van der Waals surface area contributed by atoms with E-state index in [-0.39, 0.29) is 17.4 Å². The molecule has 112 valence electrons. The van der Waals surface area contributed by atoms with Crippen LogP contribution in [0.15, 0.2) is 0 Å². The third-order valence-corrected chi connectivity index (χ3v) is 3.84. The highest BCUT2D eigenvalue weighted by molar-refractivity contribution is 7.80. The van der Waals surface area contributed by atoms with E-state index in [4.69, 9.17) is 5.73 Å². The molecule has 8 heteroatoms. The maximum Gasteiger partial charge on any atom is 0.261 e. The van der Waals surface area contributed by atoms with Crippen molar-refractivity contribution in [3.8, 4) is 0 Å². The summed E-state index contributed by atoms with van der Waals surface area (Å²) in [6, 6.07) is 0. The van der Waals surface area contributed by atoms with Crippen LogP contribution < -0.4 is 21.7 Å². The van der Waals surface area contributed by atoms with E-state index >= 15 is 0 Å². The zero-order valence-electron chi connectivity index (χ0n) is 11.6. The Kier molecular flexibility index (Phi) is 7.80. The Labute approximate surface area is 125 Å². The van der Waals surface area contributed by atoms with Gasteiger partial charge in [-0.15, -0.1) is 0 Å². The van der Waals surface area contributed by atoms with E-state index in [1.165, 1.54) is 0 Å². The quantitative estimate of drug-likeness (QED) is 0.259. The van der Waals surface area contributed by atoms with E-state index in [0.717, 1.165) is 0 Å². The smallest absolute Gasteiger partial charge is 0.261 e. The number of amides is 2. The van der Waals surface area contributed by atoms with Crippen LogP contribution in [0.5, 0.6) is 0 Å². The summed E-state index contributed by atoms with van der Waals surface area (Å²) in [6.45, 7) is 6.39. The number of hydrogen-bond acceptors (Lipinski definition) is 6. The molecule has 0 radical (unpaired) electrons. The van der Waals surface area contributed by atoms with Crippen molar-refractivity contribution >= 4 is 37.1 Å². The molecular weight excluding hydrogens is 284 g/mol. The van der Waals surface area contributed by atoms with Crippen LogP contribution in [0.25, 0.3) is 0 Å². The van der Waals surface area contributed by atoms with Crippen LogP contribution in [-0.2, 0) is 9.59 Å². The van der Waals surface area contributed by atoms with Gasteiger partial charge in [-0.1, -0.05) is 6.92 Å². The van der Waals surface area contributed by atoms with Crippen molar-refractivity contribution in [2.75, 3.05) is 24.6 Å². The normalized spacial score (nSPS) is 17.2. The van der Waals surface area contributed by atoms with Crippen LogP contribution >= 0.6 is 25.3 Å². The second-order valence-corrected chi connectivity index (χ2v) is 5.10. The zero-order valence-corrected chi connectivity index (χ0v) is 13.4. The molecule has 0 aromatic carbocycles. The van der Waals surface area contributed by atoms with Gasteiger partial charge in [0, 0.05) is 18.1 Å². The lowest BCUT2D eigenvalue weighted by Crippen LogP contribution is -2.71. The number of rotatable bonds is 8. The standard InChI is InChI=1S/C11H24N4O2S2/c1-4-13-9(17)11(12,7-19)15-8(16)10(3,6-18)14-5-2/h14,18-19H,4-7,12H2,1-3H3,(H,13,17)(H,15,16)/t10-,11?/m1/s1. The molecule has 5 N–H and O–H groups in total. The minimum absolute atomic E-state index is 0.000645. The number of carbonyl (C=O) groups excluding carboxylic acids is 2. The highest BCUT2D eigenvalue weighted by Crippen LogP contribution is 2.09. The molecule has 19 heavy (non-hydrogen) atoms. The van der Waals surface area contributed by atoms with Gasteiger partial charge >= 0.3 is 0 Å². The van der Waals surface area contributed by atoms with Crippen molar-refractivity contribution in [2.45, 2.75) is 32.0 Å². The minimum Gasteiger partial charge on any atom is -0.353 e. The first-order valence-electron chi connectivity index (χ1n) is 6.16. The predicted octanol–water partition coefficient (Wildman–Crippen LogP) is -0.878. The second kappa shape index (κ2) is 7.98. The number of likely N-dealkylation sites (N-methyl/N-ethyl adjacent to an activating group) is 2. The van der Waals surface area contributed by atoms with E-state index in [1.54, 1.807) is 13.8 Å². The Morgan fingerprint density at radius 3 is 2.05 bits per heavy atom. The average molecular weight is 308 g/mol. The first-order chi connectivity index (χ1) is 8.79. The number of hydrogen-bond donors (Lipinski definition) is 6. The van der Waals surface area contributed by atoms with Crippen molar-refractivity contribution < 1.29 is 9.59 Å². The van der Waals surface area contributed by atoms with Crippen LogP contribution in [0.4, 0.5) is 0 Å². The van der Waals surface area contributed by atoms with E-state index in [2.05, 4.69) is 41.2 Å². The largest absolute Gasteiger partial charge is 0.353 e. The first kappa shape index (κ1) is 18.6. The maximum atomic E-state index is 12.3. The molecule has 0 spiro atoms. The first-order valence-corrected chi connectivity index (χ1v) is 7.42. The van der Waals surface area contributed by atoms with Gasteiger partial charge in [0.05, 0.1) is 0 Å². The fourth-order valence-corrected chi connectivity index (χ4v) is 1.90. The lowest BCUT2D eigenvalue weighted by molar-refractivity contribution is -0.135. The molecule has 0 aliphatic rings. The van der Waals surface area contributed by atoms with Gasteiger partial charge in [-0.25, -0.2) is 0 Å². The van der Waals surface area contributed by atoms with Gasteiger partial charge in [0.1, 0.15) is 5.54 Å². The Hall–Kier alpha value is -0.440. The molecule has 0 saturated heterocycles. The van der Waals surface area contributed by atoms with Crippen LogP contribution in [0.1, 0.15) is 20.8 Å². The van der Waals surface area contributed by atoms with Crippen molar-refractivity contribution in [3.05, 3.63) is 0 Å². The average Bonchev–Trinajstić information content (AvgIpc) is 2.38. The van der Waals surface area contributed by atoms with Gasteiger partial charge in [0.25, 0.3) is 5.91 Å². The van der Waals surface area contributed by atoms with Gasteiger partial charge in [-0.05, 0) is 20.4 Å². The lowest BCUT2D eigenvalue weighted by Gasteiger charge is -2.34. The molecule has 0 saturated carbocycles. The van der Waals surface area contributed by atoms with E-state index in [9.17, 15) is 9.59 Å². The van der Waals surface area contributed by atoms with Crippen molar-refractivity contribution in [2.24, 2.45) is 5.73 Å². The predicted molar refractivity (Wildman–Crippen MR) is 83.5 cm³/mol. The van der Waals surface area contributed by atoms with Gasteiger partial charge in [0.2, 0.25) is 5.91 Å². The molecule has 6 nitrogen and oxygen atoms in total. The lowest BCUT2D eigenvalue weighted by atomic mass is 10.0. The zero-order chi connectivity index (χ0) is 15.1. The van der Waals surface area contributed by atoms with Crippen molar-refractivity contribution in [3.63, 3.8) is 0 Å². The minimum atomic E-state index is -1.53. The molecule has 1 unspecified atom stereocenters. The summed E-state index contributed by atoms with van der Waals surface area (Å²) in [5.74, 6) is -0.562. The molecular formula is C11H24N4O2S2. The number of carbonyl (C=O) groups is 2. The molecule has 0 rings (SSSR count). The van der Waals surface area contributed by atoms with Gasteiger partial charge in [-0.2, -0.15) is 25.3 Å². The fourth-order valence-electron chi connectivity index (χ4n) is 1.43. The van der Waals surface area contributed by atoms with Crippen molar-refractivity contribution in [1.82, 2.24) is 16.0 Å². The van der Waals surface area contributed by atoms with Gasteiger partial charge in [-0.3, -0.25) is 9.59 Å². The van der Waals surface area contributed by atoms with Crippen LogP contribution in [-0.4, -0.2) is 47.6 Å².